The molecule has 0 saturated heterocycles. The van der Waals surface area contributed by atoms with Gasteiger partial charge in [-0.15, -0.1) is 0 Å². The lowest BCUT2D eigenvalue weighted by Gasteiger charge is -2.26. The van der Waals surface area contributed by atoms with Gasteiger partial charge in [0.2, 0.25) is 0 Å². The minimum Gasteiger partial charge on any atom is -0.450 e. The topological polar surface area (TPSA) is 46.5 Å². The number of allylic oxidation sites excluding steroid dienone is 3. The SMILES string of the molecule is C/C(=C\CO)CC[C@@]1(C)CCC(C(C)C)=C1C#CC(=O)OC(C)(C)C. The molecule has 0 aromatic rings. The van der Waals surface area contributed by atoms with Crippen LogP contribution in [0.1, 0.15) is 74.1 Å². The van der Waals surface area contributed by atoms with Crippen molar-refractivity contribution in [3.05, 3.63) is 22.8 Å². The van der Waals surface area contributed by atoms with E-state index in [1.807, 2.05) is 33.8 Å². The van der Waals surface area contributed by atoms with Crippen LogP contribution in [-0.2, 0) is 9.53 Å². The Morgan fingerprint density at radius 3 is 2.56 bits per heavy atom. The van der Waals surface area contributed by atoms with Gasteiger partial charge in [-0.3, -0.25) is 0 Å². The fraction of sp³-hybridized carbons (Fsp3) is 0.682. The highest BCUT2D eigenvalue weighted by Gasteiger charge is 2.36. The molecule has 0 aromatic heterocycles. The van der Waals surface area contributed by atoms with Crippen LogP contribution in [-0.4, -0.2) is 23.3 Å². The van der Waals surface area contributed by atoms with E-state index in [0.717, 1.165) is 31.3 Å². The molecule has 0 spiro atoms. The van der Waals surface area contributed by atoms with Crippen LogP contribution in [0.25, 0.3) is 0 Å². The summed E-state index contributed by atoms with van der Waals surface area (Å²) in [6, 6.07) is 0. The molecule has 0 radical (unpaired) electrons. The van der Waals surface area contributed by atoms with E-state index in [9.17, 15) is 4.79 Å². The Morgan fingerprint density at radius 1 is 1.40 bits per heavy atom. The van der Waals surface area contributed by atoms with Gasteiger partial charge in [-0.25, -0.2) is 4.79 Å². The molecule has 0 saturated carbocycles. The van der Waals surface area contributed by atoms with Gasteiger partial charge in [-0.1, -0.05) is 43.9 Å². The van der Waals surface area contributed by atoms with Gasteiger partial charge in [0, 0.05) is 16.9 Å². The second-order valence-corrected chi connectivity index (χ2v) is 8.60. The number of esters is 1. The largest absolute Gasteiger partial charge is 0.450 e. The maximum absolute atomic E-state index is 12.0. The molecule has 1 rings (SSSR count). The van der Waals surface area contributed by atoms with Crippen molar-refractivity contribution in [1.29, 1.82) is 0 Å². The standard InChI is InChI=1S/C22H34O3/c1-16(2)18-11-14-22(7,13-10-17(3)12-15-23)19(18)8-9-20(24)25-21(4,5)6/h12,16,23H,10-11,13-15H2,1-7H3/b17-12+/t22-/m0/s1. The highest BCUT2D eigenvalue weighted by Crippen LogP contribution is 2.48. The molecule has 1 aliphatic rings. The van der Waals surface area contributed by atoms with Gasteiger partial charge < -0.3 is 9.84 Å². The molecule has 0 heterocycles. The zero-order chi connectivity index (χ0) is 19.3. The predicted molar refractivity (Wildman–Crippen MR) is 103 cm³/mol. The van der Waals surface area contributed by atoms with Gasteiger partial charge in [-0.05, 0) is 59.3 Å². The quantitative estimate of drug-likeness (QED) is 0.336. The monoisotopic (exact) mass is 346 g/mol. The highest BCUT2D eigenvalue weighted by molar-refractivity contribution is 5.89. The molecule has 1 aliphatic carbocycles. The van der Waals surface area contributed by atoms with E-state index in [0.29, 0.717) is 5.92 Å². The summed E-state index contributed by atoms with van der Waals surface area (Å²) in [5.41, 5.74) is 3.14. The number of carbonyl (C=O) groups is 1. The molecular weight excluding hydrogens is 312 g/mol. The van der Waals surface area contributed by atoms with Crippen LogP contribution in [0, 0.1) is 23.2 Å². The maximum atomic E-state index is 12.0. The molecule has 3 heteroatoms. The van der Waals surface area contributed by atoms with Crippen molar-refractivity contribution in [3.8, 4) is 11.8 Å². The van der Waals surface area contributed by atoms with E-state index in [1.165, 1.54) is 11.1 Å². The third kappa shape index (κ3) is 6.71. The molecule has 1 atom stereocenters. The zero-order valence-corrected chi connectivity index (χ0v) is 17.0. The van der Waals surface area contributed by atoms with Crippen molar-refractivity contribution in [2.45, 2.75) is 79.8 Å². The minimum absolute atomic E-state index is 0.0147. The summed E-state index contributed by atoms with van der Waals surface area (Å²) in [6.45, 7) is 14.3. The molecule has 25 heavy (non-hydrogen) atoms. The Bertz CT molecular complexity index is 605. The second-order valence-electron chi connectivity index (χ2n) is 8.60. The Balaban J connectivity index is 3.04. The number of rotatable bonds is 5. The molecule has 140 valence electrons. The summed E-state index contributed by atoms with van der Waals surface area (Å²) in [6.07, 6.45) is 5.86. The van der Waals surface area contributed by atoms with Crippen molar-refractivity contribution in [3.63, 3.8) is 0 Å². The number of hydrogen-bond acceptors (Lipinski definition) is 3. The van der Waals surface area contributed by atoms with Crippen molar-refractivity contribution in [2.24, 2.45) is 11.3 Å². The van der Waals surface area contributed by atoms with Crippen LogP contribution >= 0.6 is 0 Å². The highest BCUT2D eigenvalue weighted by atomic mass is 16.6. The van der Waals surface area contributed by atoms with Crippen LogP contribution in [0.4, 0.5) is 0 Å². The van der Waals surface area contributed by atoms with Crippen LogP contribution in [0.2, 0.25) is 0 Å². The van der Waals surface area contributed by atoms with Gasteiger partial charge in [0.15, 0.2) is 0 Å². The van der Waals surface area contributed by atoms with Crippen LogP contribution in [0.15, 0.2) is 22.8 Å². The fourth-order valence-electron chi connectivity index (χ4n) is 3.25. The minimum atomic E-state index is -0.522. The van der Waals surface area contributed by atoms with E-state index >= 15 is 0 Å². The lowest BCUT2D eigenvalue weighted by atomic mass is 9.77. The molecule has 0 bridgehead atoms. The average Bonchev–Trinajstić information content (AvgIpc) is 2.79. The zero-order valence-electron chi connectivity index (χ0n) is 17.0. The van der Waals surface area contributed by atoms with Crippen molar-refractivity contribution < 1.29 is 14.6 Å². The summed E-state index contributed by atoms with van der Waals surface area (Å²) in [5.74, 6) is 5.84. The summed E-state index contributed by atoms with van der Waals surface area (Å²) in [5, 5.41) is 9.04. The first-order valence-electron chi connectivity index (χ1n) is 9.23. The van der Waals surface area contributed by atoms with E-state index in [4.69, 9.17) is 9.84 Å². The van der Waals surface area contributed by atoms with Crippen LogP contribution in [0.3, 0.4) is 0 Å². The Labute approximate surface area is 153 Å². The molecular formula is C22H34O3. The summed E-state index contributed by atoms with van der Waals surface area (Å²) >= 11 is 0. The Kier molecular flexibility index (Phi) is 7.50. The van der Waals surface area contributed by atoms with Gasteiger partial charge in [0.05, 0.1) is 6.61 Å². The molecule has 0 aliphatic heterocycles. The van der Waals surface area contributed by atoms with Crippen molar-refractivity contribution in [1.82, 2.24) is 0 Å². The number of carbonyl (C=O) groups excluding carboxylic acids is 1. The van der Waals surface area contributed by atoms with Crippen molar-refractivity contribution >= 4 is 5.97 Å². The van der Waals surface area contributed by atoms with E-state index in [1.54, 1.807) is 0 Å². The summed E-state index contributed by atoms with van der Waals surface area (Å²) in [4.78, 5) is 12.0. The number of aliphatic hydroxyl groups is 1. The molecule has 0 amide bonds. The molecule has 3 nitrogen and oxygen atoms in total. The lowest BCUT2D eigenvalue weighted by Crippen LogP contribution is -2.23. The van der Waals surface area contributed by atoms with Crippen molar-refractivity contribution in [2.75, 3.05) is 6.61 Å². The summed E-state index contributed by atoms with van der Waals surface area (Å²) in [7, 11) is 0. The Morgan fingerprint density at radius 2 is 2.04 bits per heavy atom. The molecule has 0 aromatic carbocycles. The van der Waals surface area contributed by atoms with E-state index in [-0.39, 0.29) is 12.0 Å². The maximum Gasteiger partial charge on any atom is 0.385 e. The van der Waals surface area contributed by atoms with Gasteiger partial charge in [0.1, 0.15) is 5.60 Å². The van der Waals surface area contributed by atoms with Gasteiger partial charge in [-0.2, -0.15) is 0 Å². The number of ether oxygens (including phenoxy) is 1. The third-order valence-electron chi connectivity index (χ3n) is 4.77. The Hall–Kier alpha value is -1.53. The van der Waals surface area contributed by atoms with Gasteiger partial charge in [0.25, 0.3) is 0 Å². The smallest absolute Gasteiger partial charge is 0.385 e. The molecule has 0 fully saturated rings. The number of hydrogen-bond donors (Lipinski definition) is 1. The molecule has 1 N–H and O–H groups in total. The summed E-state index contributed by atoms with van der Waals surface area (Å²) < 4.78 is 5.32. The van der Waals surface area contributed by atoms with Gasteiger partial charge >= 0.3 is 5.97 Å². The first-order valence-corrected chi connectivity index (χ1v) is 9.23. The normalized spacial score (nSPS) is 21.4. The van der Waals surface area contributed by atoms with E-state index in [2.05, 4.69) is 32.6 Å². The third-order valence-corrected chi connectivity index (χ3v) is 4.77. The first-order chi connectivity index (χ1) is 11.5. The van der Waals surface area contributed by atoms with E-state index < -0.39 is 11.6 Å². The lowest BCUT2D eigenvalue weighted by molar-refractivity contribution is -0.147. The average molecular weight is 347 g/mol. The predicted octanol–water partition coefficient (Wildman–Crippen LogP) is 4.80. The second kappa shape index (κ2) is 8.72. The van der Waals surface area contributed by atoms with Crippen LogP contribution in [0.5, 0.6) is 0 Å². The van der Waals surface area contributed by atoms with Crippen LogP contribution < -0.4 is 0 Å². The first kappa shape index (κ1) is 21.5. The molecule has 0 unspecified atom stereocenters. The number of aliphatic hydroxyl groups excluding tert-OH is 1. The fourth-order valence-corrected chi connectivity index (χ4v) is 3.25.